The SMILES string of the molecule is CNC(=O)c1ccc(NC(=O)c2ccc(C)cc2C)cc1. The van der Waals surface area contributed by atoms with Crippen molar-refractivity contribution in [1.29, 1.82) is 0 Å². The molecule has 21 heavy (non-hydrogen) atoms. The summed E-state index contributed by atoms with van der Waals surface area (Å²) in [6.45, 7) is 3.91. The number of amides is 2. The second kappa shape index (κ2) is 6.22. The topological polar surface area (TPSA) is 58.2 Å². The predicted octanol–water partition coefficient (Wildman–Crippen LogP) is 2.92. The Bertz CT molecular complexity index is 676. The first-order valence-corrected chi connectivity index (χ1v) is 6.72. The van der Waals surface area contributed by atoms with E-state index in [0.29, 0.717) is 16.8 Å². The predicted molar refractivity (Wildman–Crippen MR) is 83.7 cm³/mol. The Morgan fingerprint density at radius 2 is 1.57 bits per heavy atom. The number of nitrogens with one attached hydrogen (secondary N) is 2. The third kappa shape index (κ3) is 3.48. The van der Waals surface area contributed by atoms with Crippen LogP contribution in [-0.4, -0.2) is 18.9 Å². The highest BCUT2D eigenvalue weighted by atomic mass is 16.2. The van der Waals surface area contributed by atoms with E-state index in [1.165, 1.54) is 0 Å². The van der Waals surface area contributed by atoms with Gasteiger partial charge in [-0.25, -0.2) is 0 Å². The number of aryl methyl sites for hydroxylation is 2. The molecule has 2 aromatic rings. The fourth-order valence-electron chi connectivity index (χ4n) is 2.12. The van der Waals surface area contributed by atoms with Crippen molar-refractivity contribution in [2.45, 2.75) is 13.8 Å². The van der Waals surface area contributed by atoms with Crippen molar-refractivity contribution in [3.8, 4) is 0 Å². The Kier molecular flexibility index (Phi) is 4.38. The molecule has 0 aliphatic carbocycles. The van der Waals surface area contributed by atoms with E-state index < -0.39 is 0 Å². The van der Waals surface area contributed by atoms with Gasteiger partial charge in [-0.2, -0.15) is 0 Å². The average molecular weight is 282 g/mol. The highest BCUT2D eigenvalue weighted by Crippen LogP contribution is 2.15. The van der Waals surface area contributed by atoms with Gasteiger partial charge in [0.05, 0.1) is 0 Å². The minimum Gasteiger partial charge on any atom is -0.355 e. The minimum absolute atomic E-state index is 0.151. The average Bonchev–Trinajstić information content (AvgIpc) is 2.47. The van der Waals surface area contributed by atoms with Gasteiger partial charge in [0.15, 0.2) is 0 Å². The van der Waals surface area contributed by atoms with Crippen LogP contribution in [0, 0.1) is 13.8 Å². The van der Waals surface area contributed by atoms with Crippen molar-refractivity contribution < 1.29 is 9.59 Å². The van der Waals surface area contributed by atoms with Gasteiger partial charge >= 0.3 is 0 Å². The lowest BCUT2D eigenvalue weighted by atomic mass is 10.1. The van der Waals surface area contributed by atoms with Crippen LogP contribution in [0.3, 0.4) is 0 Å². The van der Waals surface area contributed by atoms with Crippen molar-refractivity contribution in [3.63, 3.8) is 0 Å². The smallest absolute Gasteiger partial charge is 0.255 e. The lowest BCUT2D eigenvalue weighted by Gasteiger charge is -2.09. The lowest BCUT2D eigenvalue weighted by molar-refractivity contribution is 0.0962. The van der Waals surface area contributed by atoms with E-state index in [-0.39, 0.29) is 11.8 Å². The van der Waals surface area contributed by atoms with Gasteiger partial charge in [0.25, 0.3) is 11.8 Å². The molecule has 2 amide bonds. The molecule has 0 spiro atoms. The third-order valence-corrected chi connectivity index (χ3v) is 3.26. The molecule has 0 saturated carbocycles. The molecule has 0 bridgehead atoms. The molecule has 0 atom stereocenters. The molecule has 0 unspecified atom stereocenters. The van der Waals surface area contributed by atoms with Crippen molar-refractivity contribution in [3.05, 3.63) is 64.7 Å². The number of benzene rings is 2. The van der Waals surface area contributed by atoms with Gasteiger partial charge < -0.3 is 10.6 Å². The summed E-state index contributed by atoms with van der Waals surface area (Å²) in [5.74, 6) is -0.303. The molecular weight excluding hydrogens is 264 g/mol. The second-order valence-corrected chi connectivity index (χ2v) is 4.93. The van der Waals surface area contributed by atoms with Crippen LogP contribution in [0.1, 0.15) is 31.8 Å². The molecule has 2 N–H and O–H groups in total. The summed E-state index contributed by atoms with van der Waals surface area (Å²) >= 11 is 0. The number of carbonyl (C=O) groups is 2. The maximum absolute atomic E-state index is 12.2. The number of anilines is 1. The largest absolute Gasteiger partial charge is 0.355 e. The number of hydrogen-bond acceptors (Lipinski definition) is 2. The van der Waals surface area contributed by atoms with E-state index >= 15 is 0 Å². The maximum atomic E-state index is 12.2. The van der Waals surface area contributed by atoms with Crippen molar-refractivity contribution in [2.75, 3.05) is 12.4 Å². The van der Waals surface area contributed by atoms with Crippen LogP contribution in [0.2, 0.25) is 0 Å². The van der Waals surface area contributed by atoms with Crippen LogP contribution in [-0.2, 0) is 0 Å². The Balaban J connectivity index is 2.14. The van der Waals surface area contributed by atoms with Gasteiger partial charge in [-0.3, -0.25) is 9.59 Å². The Morgan fingerprint density at radius 1 is 0.905 bits per heavy atom. The standard InChI is InChI=1S/C17H18N2O2/c1-11-4-9-15(12(2)10-11)17(21)19-14-7-5-13(6-8-14)16(20)18-3/h4-10H,1-3H3,(H,18,20)(H,19,21). The Morgan fingerprint density at radius 3 is 2.14 bits per heavy atom. The molecule has 0 aromatic heterocycles. The minimum atomic E-state index is -0.153. The van der Waals surface area contributed by atoms with E-state index in [4.69, 9.17) is 0 Å². The van der Waals surface area contributed by atoms with Gasteiger partial charge in [-0.15, -0.1) is 0 Å². The Labute approximate surface area is 124 Å². The number of rotatable bonds is 3. The zero-order valence-electron chi connectivity index (χ0n) is 12.4. The molecule has 0 heterocycles. The molecule has 0 fully saturated rings. The van der Waals surface area contributed by atoms with Crippen LogP contribution < -0.4 is 10.6 Å². The molecule has 2 aromatic carbocycles. The zero-order chi connectivity index (χ0) is 15.4. The molecule has 108 valence electrons. The van der Waals surface area contributed by atoms with E-state index in [9.17, 15) is 9.59 Å². The van der Waals surface area contributed by atoms with E-state index in [0.717, 1.165) is 11.1 Å². The molecule has 4 nitrogen and oxygen atoms in total. The van der Waals surface area contributed by atoms with Gasteiger partial charge in [-0.1, -0.05) is 17.7 Å². The molecule has 0 radical (unpaired) electrons. The third-order valence-electron chi connectivity index (χ3n) is 3.26. The molecule has 2 rings (SSSR count). The summed E-state index contributed by atoms with van der Waals surface area (Å²) in [5, 5.41) is 5.39. The summed E-state index contributed by atoms with van der Waals surface area (Å²) in [6, 6.07) is 12.5. The van der Waals surface area contributed by atoms with Gasteiger partial charge in [0.1, 0.15) is 0 Å². The monoisotopic (exact) mass is 282 g/mol. The van der Waals surface area contributed by atoms with Gasteiger partial charge in [0, 0.05) is 23.9 Å². The number of hydrogen-bond donors (Lipinski definition) is 2. The zero-order valence-corrected chi connectivity index (χ0v) is 12.4. The van der Waals surface area contributed by atoms with Crippen molar-refractivity contribution in [2.24, 2.45) is 0 Å². The van der Waals surface area contributed by atoms with Crippen LogP contribution in [0.5, 0.6) is 0 Å². The number of carbonyl (C=O) groups excluding carboxylic acids is 2. The highest BCUT2D eigenvalue weighted by molar-refractivity contribution is 6.05. The normalized spacial score (nSPS) is 10.0. The summed E-state index contributed by atoms with van der Waals surface area (Å²) < 4.78 is 0. The first-order valence-electron chi connectivity index (χ1n) is 6.72. The fourth-order valence-corrected chi connectivity index (χ4v) is 2.12. The first kappa shape index (κ1) is 14.8. The summed E-state index contributed by atoms with van der Waals surface area (Å²) in [6.07, 6.45) is 0. The molecule has 0 aliphatic heterocycles. The van der Waals surface area contributed by atoms with E-state index in [1.54, 1.807) is 31.3 Å². The van der Waals surface area contributed by atoms with Crippen LogP contribution in [0.4, 0.5) is 5.69 Å². The maximum Gasteiger partial charge on any atom is 0.255 e. The Hall–Kier alpha value is -2.62. The fraction of sp³-hybridized carbons (Fsp3) is 0.176. The van der Waals surface area contributed by atoms with Crippen LogP contribution in [0.25, 0.3) is 0 Å². The lowest BCUT2D eigenvalue weighted by Crippen LogP contribution is -2.18. The van der Waals surface area contributed by atoms with Gasteiger partial charge in [0.2, 0.25) is 0 Å². The van der Waals surface area contributed by atoms with Crippen LogP contribution >= 0.6 is 0 Å². The van der Waals surface area contributed by atoms with E-state index in [1.807, 2.05) is 32.0 Å². The van der Waals surface area contributed by atoms with Gasteiger partial charge in [-0.05, 0) is 49.7 Å². The highest BCUT2D eigenvalue weighted by Gasteiger charge is 2.09. The first-order chi connectivity index (χ1) is 10.0. The summed E-state index contributed by atoms with van der Waals surface area (Å²) in [5.41, 5.74) is 3.93. The summed E-state index contributed by atoms with van der Waals surface area (Å²) in [4.78, 5) is 23.7. The molecule has 0 aliphatic rings. The quantitative estimate of drug-likeness (QED) is 0.909. The summed E-state index contributed by atoms with van der Waals surface area (Å²) in [7, 11) is 1.58. The van der Waals surface area contributed by atoms with Crippen LogP contribution in [0.15, 0.2) is 42.5 Å². The van der Waals surface area contributed by atoms with Crippen molar-refractivity contribution in [1.82, 2.24) is 5.32 Å². The second-order valence-electron chi connectivity index (χ2n) is 4.93. The molecule has 0 saturated heterocycles. The molecule has 4 heteroatoms. The van der Waals surface area contributed by atoms with Crippen molar-refractivity contribution >= 4 is 17.5 Å². The van der Waals surface area contributed by atoms with E-state index in [2.05, 4.69) is 10.6 Å². The molecular formula is C17H18N2O2.